The van der Waals surface area contributed by atoms with E-state index in [1.807, 2.05) is 30.0 Å². The maximum atomic E-state index is 13.2. The molecule has 132 valence electrons. The van der Waals surface area contributed by atoms with Gasteiger partial charge in [-0.1, -0.05) is 18.2 Å². The zero-order chi connectivity index (χ0) is 17.6. The van der Waals surface area contributed by atoms with E-state index in [1.54, 1.807) is 6.07 Å². The summed E-state index contributed by atoms with van der Waals surface area (Å²) in [5.41, 5.74) is 3.27. The fourth-order valence-corrected chi connectivity index (χ4v) is 3.05. The summed E-state index contributed by atoms with van der Waals surface area (Å²) in [6.07, 6.45) is 1.65. The number of nitrogens with zero attached hydrogens (tertiary/aromatic N) is 1. The van der Waals surface area contributed by atoms with Gasteiger partial charge >= 0.3 is 6.03 Å². The summed E-state index contributed by atoms with van der Waals surface area (Å²) >= 11 is 0. The smallest absolute Gasteiger partial charge is 0.317 e. The summed E-state index contributed by atoms with van der Waals surface area (Å²) in [6, 6.07) is 12.5. The van der Waals surface area contributed by atoms with Crippen LogP contribution in [0, 0.1) is 5.82 Å². The number of urea groups is 1. The molecule has 0 saturated carbocycles. The van der Waals surface area contributed by atoms with E-state index in [1.165, 1.54) is 23.3 Å². The van der Waals surface area contributed by atoms with Crippen LogP contribution in [-0.4, -0.2) is 30.6 Å². The predicted octanol–water partition coefficient (Wildman–Crippen LogP) is 3.53. The third-order valence-electron chi connectivity index (χ3n) is 4.39. The number of carbonyl (C=O) groups excluding carboxylic acids is 1. The van der Waals surface area contributed by atoms with Gasteiger partial charge in [-0.2, -0.15) is 0 Å². The van der Waals surface area contributed by atoms with Crippen LogP contribution in [0.1, 0.15) is 23.6 Å². The standard InChI is InChI=1S/C20H23FN2O2/c1-2-22-20(24)23-10-8-16-6-7-19(13-17(16)9-11-23)25-14-15-4-3-5-18(21)12-15/h3-7,12-13H,2,8-11,14H2,1H3,(H,22,24). The first kappa shape index (κ1) is 17.3. The Balaban J connectivity index is 1.64. The lowest BCUT2D eigenvalue weighted by molar-refractivity contribution is 0.201. The molecule has 0 radical (unpaired) electrons. The lowest BCUT2D eigenvalue weighted by Crippen LogP contribution is -2.41. The molecule has 0 fully saturated rings. The minimum Gasteiger partial charge on any atom is -0.489 e. The van der Waals surface area contributed by atoms with Gasteiger partial charge < -0.3 is 15.0 Å². The Bertz CT molecular complexity index is 748. The van der Waals surface area contributed by atoms with Gasteiger partial charge in [-0.25, -0.2) is 9.18 Å². The molecular weight excluding hydrogens is 319 g/mol. The predicted molar refractivity (Wildman–Crippen MR) is 95.2 cm³/mol. The van der Waals surface area contributed by atoms with E-state index in [2.05, 4.69) is 11.4 Å². The van der Waals surface area contributed by atoms with Crippen molar-refractivity contribution in [2.45, 2.75) is 26.4 Å². The van der Waals surface area contributed by atoms with Crippen LogP contribution >= 0.6 is 0 Å². The van der Waals surface area contributed by atoms with E-state index in [-0.39, 0.29) is 11.8 Å². The second kappa shape index (κ2) is 8.01. The number of rotatable bonds is 4. The zero-order valence-electron chi connectivity index (χ0n) is 14.4. The van der Waals surface area contributed by atoms with Gasteiger partial charge in [-0.15, -0.1) is 0 Å². The van der Waals surface area contributed by atoms with Crippen LogP contribution in [0.2, 0.25) is 0 Å². The molecule has 3 rings (SSSR count). The normalized spacial score (nSPS) is 13.8. The van der Waals surface area contributed by atoms with Gasteiger partial charge in [0.05, 0.1) is 0 Å². The molecular formula is C20H23FN2O2. The van der Waals surface area contributed by atoms with Gasteiger partial charge in [-0.05, 0) is 60.7 Å². The zero-order valence-corrected chi connectivity index (χ0v) is 14.4. The number of nitrogens with one attached hydrogen (secondary N) is 1. The minimum absolute atomic E-state index is 0.00196. The van der Waals surface area contributed by atoms with Crippen LogP contribution in [0.25, 0.3) is 0 Å². The number of hydrogen-bond acceptors (Lipinski definition) is 2. The molecule has 25 heavy (non-hydrogen) atoms. The number of amides is 2. The van der Waals surface area contributed by atoms with Crippen molar-refractivity contribution in [2.75, 3.05) is 19.6 Å². The van der Waals surface area contributed by atoms with Crippen LogP contribution in [0.4, 0.5) is 9.18 Å². The average molecular weight is 342 g/mol. The Morgan fingerprint density at radius 3 is 2.72 bits per heavy atom. The van der Waals surface area contributed by atoms with Crippen LogP contribution in [0.15, 0.2) is 42.5 Å². The number of benzene rings is 2. The number of hydrogen-bond donors (Lipinski definition) is 1. The van der Waals surface area contributed by atoms with E-state index in [4.69, 9.17) is 4.74 Å². The highest BCUT2D eigenvalue weighted by Gasteiger charge is 2.18. The highest BCUT2D eigenvalue weighted by molar-refractivity contribution is 5.74. The molecule has 1 aliphatic rings. The van der Waals surface area contributed by atoms with Crippen molar-refractivity contribution < 1.29 is 13.9 Å². The number of carbonyl (C=O) groups is 1. The van der Waals surface area contributed by atoms with Crippen LogP contribution in [0.3, 0.4) is 0 Å². The first-order valence-corrected chi connectivity index (χ1v) is 8.67. The highest BCUT2D eigenvalue weighted by Crippen LogP contribution is 2.23. The summed E-state index contributed by atoms with van der Waals surface area (Å²) in [5.74, 6) is 0.517. The van der Waals surface area contributed by atoms with E-state index in [0.29, 0.717) is 19.7 Å². The minimum atomic E-state index is -0.256. The molecule has 2 aromatic carbocycles. The summed E-state index contributed by atoms with van der Waals surface area (Å²) in [5, 5.41) is 2.86. The second-order valence-corrected chi connectivity index (χ2v) is 6.17. The molecule has 0 aliphatic carbocycles. The van der Waals surface area contributed by atoms with Gasteiger partial charge in [0.1, 0.15) is 18.2 Å². The quantitative estimate of drug-likeness (QED) is 0.923. The third kappa shape index (κ3) is 4.50. The average Bonchev–Trinajstić information content (AvgIpc) is 2.82. The lowest BCUT2D eigenvalue weighted by Gasteiger charge is -2.20. The molecule has 1 N–H and O–H groups in total. The van der Waals surface area contributed by atoms with Crippen LogP contribution in [0.5, 0.6) is 5.75 Å². The molecule has 0 aromatic heterocycles. The van der Waals surface area contributed by atoms with Gasteiger partial charge in [0, 0.05) is 19.6 Å². The van der Waals surface area contributed by atoms with E-state index < -0.39 is 0 Å². The van der Waals surface area contributed by atoms with Crippen molar-refractivity contribution in [3.05, 3.63) is 65.0 Å². The largest absolute Gasteiger partial charge is 0.489 e. The number of ether oxygens (including phenoxy) is 1. The Morgan fingerprint density at radius 2 is 1.96 bits per heavy atom. The van der Waals surface area contributed by atoms with Crippen molar-refractivity contribution in [1.82, 2.24) is 10.2 Å². The van der Waals surface area contributed by atoms with Gasteiger partial charge in [0.2, 0.25) is 0 Å². The first-order chi connectivity index (χ1) is 12.2. The Morgan fingerprint density at radius 1 is 1.16 bits per heavy atom. The lowest BCUT2D eigenvalue weighted by atomic mass is 10.0. The van der Waals surface area contributed by atoms with Crippen molar-refractivity contribution in [2.24, 2.45) is 0 Å². The van der Waals surface area contributed by atoms with Gasteiger partial charge in [-0.3, -0.25) is 0 Å². The van der Waals surface area contributed by atoms with E-state index in [0.717, 1.165) is 30.7 Å². The molecule has 2 amide bonds. The summed E-state index contributed by atoms with van der Waals surface area (Å²) in [4.78, 5) is 13.9. The van der Waals surface area contributed by atoms with E-state index in [9.17, 15) is 9.18 Å². The molecule has 0 unspecified atom stereocenters. The Labute approximate surface area is 147 Å². The summed E-state index contributed by atoms with van der Waals surface area (Å²) in [7, 11) is 0. The molecule has 0 spiro atoms. The van der Waals surface area contributed by atoms with Crippen molar-refractivity contribution in [3.63, 3.8) is 0 Å². The van der Waals surface area contributed by atoms with Crippen LogP contribution < -0.4 is 10.1 Å². The highest BCUT2D eigenvalue weighted by atomic mass is 19.1. The van der Waals surface area contributed by atoms with Crippen molar-refractivity contribution in [1.29, 1.82) is 0 Å². The molecule has 0 bridgehead atoms. The molecule has 5 heteroatoms. The maximum absolute atomic E-state index is 13.2. The molecule has 0 saturated heterocycles. The fourth-order valence-electron chi connectivity index (χ4n) is 3.05. The second-order valence-electron chi connectivity index (χ2n) is 6.17. The number of fused-ring (bicyclic) bond motifs is 1. The topological polar surface area (TPSA) is 41.6 Å². The SMILES string of the molecule is CCNC(=O)N1CCc2ccc(OCc3cccc(F)c3)cc2CC1. The third-order valence-corrected chi connectivity index (χ3v) is 4.39. The van der Waals surface area contributed by atoms with Crippen molar-refractivity contribution in [3.8, 4) is 5.75 Å². The van der Waals surface area contributed by atoms with Crippen LogP contribution in [-0.2, 0) is 19.4 Å². The van der Waals surface area contributed by atoms with Gasteiger partial charge in [0.25, 0.3) is 0 Å². The summed E-state index contributed by atoms with van der Waals surface area (Å²) in [6.45, 7) is 4.32. The molecule has 4 nitrogen and oxygen atoms in total. The number of halogens is 1. The molecule has 0 atom stereocenters. The molecule has 2 aromatic rings. The Hall–Kier alpha value is -2.56. The fraction of sp³-hybridized carbons (Fsp3) is 0.350. The summed E-state index contributed by atoms with van der Waals surface area (Å²) < 4.78 is 19.0. The van der Waals surface area contributed by atoms with E-state index >= 15 is 0 Å². The molecule has 1 aliphatic heterocycles. The Kier molecular flexibility index (Phi) is 5.53. The van der Waals surface area contributed by atoms with Crippen molar-refractivity contribution >= 4 is 6.03 Å². The maximum Gasteiger partial charge on any atom is 0.317 e. The van der Waals surface area contributed by atoms with Gasteiger partial charge in [0.15, 0.2) is 0 Å². The molecule has 1 heterocycles. The monoisotopic (exact) mass is 342 g/mol. The first-order valence-electron chi connectivity index (χ1n) is 8.67.